The second-order valence-corrected chi connectivity index (χ2v) is 4.07. The van der Waals surface area contributed by atoms with Crippen molar-refractivity contribution >= 4 is 17.6 Å². The van der Waals surface area contributed by atoms with Crippen LogP contribution in [0.25, 0.3) is 11.3 Å². The fourth-order valence-corrected chi connectivity index (χ4v) is 1.73. The number of carbonyl (C=O) groups excluding carboxylic acids is 1. The number of carbonyl (C=O) groups is 1. The van der Waals surface area contributed by atoms with Gasteiger partial charge in [-0.25, -0.2) is 4.98 Å². The Morgan fingerprint density at radius 3 is 2.50 bits per heavy atom. The molecule has 0 bridgehead atoms. The number of hydrogen-bond acceptors (Lipinski definition) is 4. The van der Waals surface area contributed by atoms with Gasteiger partial charge < -0.3 is 4.74 Å². The molecule has 1 aromatic carbocycles. The number of rotatable bonds is 2. The molecule has 2 aromatic rings. The quantitative estimate of drug-likeness (QED) is 0.781. The molecule has 2 rings (SSSR count). The van der Waals surface area contributed by atoms with E-state index in [0.717, 1.165) is 5.56 Å². The molecule has 0 atom stereocenters. The first-order valence-corrected chi connectivity index (χ1v) is 5.73. The van der Waals surface area contributed by atoms with Gasteiger partial charge >= 0.3 is 5.97 Å². The highest BCUT2D eigenvalue weighted by molar-refractivity contribution is 6.31. The van der Waals surface area contributed by atoms with Crippen molar-refractivity contribution in [3.05, 3.63) is 41.2 Å². The van der Waals surface area contributed by atoms with E-state index in [9.17, 15) is 4.79 Å². The van der Waals surface area contributed by atoms with Crippen molar-refractivity contribution in [1.82, 2.24) is 9.97 Å². The van der Waals surface area contributed by atoms with Gasteiger partial charge in [-0.2, -0.15) is 4.98 Å². The molecule has 0 N–H and O–H groups in total. The number of benzene rings is 1. The maximum absolute atomic E-state index is 10.9. The average Bonchev–Trinajstić information content (AvgIpc) is 2.34. The Bertz CT molecular complexity index is 585. The molecule has 0 aliphatic heterocycles. The van der Waals surface area contributed by atoms with Crippen LogP contribution in [-0.4, -0.2) is 15.9 Å². The summed E-state index contributed by atoms with van der Waals surface area (Å²) in [5.41, 5.74) is 1.96. The first kappa shape index (κ1) is 12.5. The molecular weight excluding hydrogens is 252 g/mol. The van der Waals surface area contributed by atoms with Crippen LogP contribution in [0.4, 0.5) is 0 Å². The Kier molecular flexibility index (Phi) is 3.58. The van der Waals surface area contributed by atoms with Crippen molar-refractivity contribution < 1.29 is 9.53 Å². The minimum absolute atomic E-state index is 0.146. The van der Waals surface area contributed by atoms with Crippen molar-refractivity contribution in [3.8, 4) is 17.1 Å². The van der Waals surface area contributed by atoms with E-state index in [0.29, 0.717) is 11.4 Å². The number of aromatic nitrogens is 2. The highest BCUT2D eigenvalue weighted by atomic mass is 35.5. The van der Waals surface area contributed by atoms with Gasteiger partial charge in [0, 0.05) is 12.5 Å². The summed E-state index contributed by atoms with van der Waals surface area (Å²) < 4.78 is 4.92. The topological polar surface area (TPSA) is 52.1 Å². The van der Waals surface area contributed by atoms with E-state index >= 15 is 0 Å². The lowest BCUT2D eigenvalue weighted by molar-refractivity contribution is -0.132. The summed E-state index contributed by atoms with van der Waals surface area (Å²) >= 11 is 6.05. The van der Waals surface area contributed by atoms with E-state index in [1.807, 2.05) is 30.3 Å². The number of aryl methyl sites for hydroxylation is 1. The molecule has 1 aromatic heterocycles. The second-order valence-electron chi connectivity index (χ2n) is 3.71. The zero-order valence-corrected chi connectivity index (χ0v) is 10.7. The number of hydrogen-bond donors (Lipinski definition) is 0. The molecule has 18 heavy (non-hydrogen) atoms. The van der Waals surface area contributed by atoms with E-state index in [1.165, 1.54) is 6.92 Å². The Morgan fingerprint density at radius 1 is 1.22 bits per heavy atom. The molecule has 0 spiro atoms. The van der Waals surface area contributed by atoms with E-state index in [2.05, 4.69) is 9.97 Å². The molecule has 1 heterocycles. The summed E-state index contributed by atoms with van der Waals surface area (Å²) in [4.78, 5) is 19.3. The first-order chi connectivity index (χ1) is 8.58. The zero-order chi connectivity index (χ0) is 13.1. The Hall–Kier alpha value is -1.94. The number of ether oxygens (including phenoxy) is 1. The molecular formula is C13H11ClN2O2. The summed E-state index contributed by atoms with van der Waals surface area (Å²) in [6, 6.07) is 9.47. The van der Waals surface area contributed by atoms with Crippen molar-refractivity contribution in [2.24, 2.45) is 0 Å². The van der Waals surface area contributed by atoms with Gasteiger partial charge in [-0.1, -0.05) is 41.9 Å². The van der Waals surface area contributed by atoms with Crippen LogP contribution in [0.2, 0.25) is 5.15 Å². The van der Waals surface area contributed by atoms with E-state index < -0.39 is 5.97 Å². The van der Waals surface area contributed by atoms with E-state index in [-0.39, 0.29) is 11.0 Å². The predicted molar refractivity (Wildman–Crippen MR) is 68.5 cm³/mol. The lowest BCUT2D eigenvalue weighted by atomic mass is 10.1. The minimum Gasteiger partial charge on any atom is -0.406 e. The summed E-state index contributed by atoms with van der Waals surface area (Å²) in [6.07, 6.45) is 0. The van der Waals surface area contributed by atoms with Crippen LogP contribution in [0, 0.1) is 6.92 Å². The average molecular weight is 263 g/mol. The monoisotopic (exact) mass is 262 g/mol. The van der Waals surface area contributed by atoms with Gasteiger partial charge in [0.2, 0.25) is 5.88 Å². The van der Waals surface area contributed by atoms with Crippen molar-refractivity contribution in [2.75, 3.05) is 0 Å². The fourth-order valence-electron chi connectivity index (χ4n) is 1.50. The third-order valence-electron chi connectivity index (χ3n) is 2.27. The van der Waals surface area contributed by atoms with Gasteiger partial charge in [0.25, 0.3) is 0 Å². The van der Waals surface area contributed by atoms with Crippen molar-refractivity contribution in [1.29, 1.82) is 0 Å². The van der Waals surface area contributed by atoms with Gasteiger partial charge in [0.05, 0.1) is 0 Å². The molecule has 92 valence electrons. The van der Waals surface area contributed by atoms with E-state index in [4.69, 9.17) is 16.3 Å². The van der Waals surface area contributed by atoms with Crippen molar-refractivity contribution in [3.63, 3.8) is 0 Å². The largest absolute Gasteiger partial charge is 0.406 e. The molecule has 0 unspecified atom stereocenters. The van der Waals surface area contributed by atoms with Crippen LogP contribution in [0.3, 0.4) is 0 Å². The van der Waals surface area contributed by atoms with E-state index in [1.54, 1.807) is 6.92 Å². The summed E-state index contributed by atoms with van der Waals surface area (Å²) in [7, 11) is 0. The van der Waals surface area contributed by atoms with Crippen LogP contribution in [0.15, 0.2) is 30.3 Å². The van der Waals surface area contributed by atoms with Gasteiger partial charge in [0.1, 0.15) is 11.4 Å². The van der Waals surface area contributed by atoms with Gasteiger partial charge in [-0.3, -0.25) is 4.79 Å². The van der Waals surface area contributed by atoms with Crippen LogP contribution in [0.1, 0.15) is 12.6 Å². The third-order valence-corrected chi connectivity index (χ3v) is 2.54. The summed E-state index contributed by atoms with van der Waals surface area (Å²) in [5, 5.41) is 0.211. The SMILES string of the molecule is CC(=O)Oc1nc(Cl)c(-c2ccccc2)nc1C. The lowest BCUT2D eigenvalue weighted by Crippen LogP contribution is -2.06. The highest BCUT2D eigenvalue weighted by Gasteiger charge is 2.13. The first-order valence-electron chi connectivity index (χ1n) is 5.36. The number of nitrogens with zero attached hydrogens (tertiary/aromatic N) is 2. The molecule has 0 aliphatic carbocycles. The molecule has 4 nitrogen and oxygen atoms in total. The fraction of sp³-hybridized carbons (Fsp3) is 0.154. The maximum Gasteiger partial charge on any atom is 0.309 e. The molecule has 5 heteroatoms. The standard InChI is InChI=1S/C13H11ClN2O2/c1-8-13(18-9(2)17)16-12(14)11(15-8)10-6-4-3-5-7-10/h3-7H,1-2H3. The normalized spacial score (nSPS) is 10.2. The van der Waals surface area contributed by atoms with Crippen LogP contribution in [-0.2, 0) is 4.79 Å². The van der Waals surface area contributed by atoms with Crippen LogP contribution < -0.4 is 4.74 Å². The third kappa shape index (κ3) is 2.65. The van der Waals surface area contributed by atoms with Crippen LogP contribution in [0.5, 0.6) is 5.88 Å². The number of esters is 1. The summed E-state index contributed by atoms with van der Waals surface area (Å²) in [5.74, 6) is -0.303. The highest BCUT2D eigenvalue weighted by Crippen LogP contribution is 2.27. The minimum atomic E-state index is -0.448. The van der Waals surface area contributed by atoms with Gasteiger partial charge in [0.15, 0.2) is 5.15 Å². The molecule has 0 saturated heterocycles. The Morgan fingerprint density at radius 2 is 1.89 bits per heavy atom. The molecule has 0 fully saturated rings. The Labute approximate surface area is 110 Å². The maximum atomic E-state index is 10.9. The molecule has 0 saturated carbocycles. The Balaban J connectivity index is 2.46. The zero-order valence-electron chi connectivity index (χ0n) is 9.98. The predicted octanol–water partition coefficient (Wildman–Crippen LogP) is 3.03. The number of halogens is 1. The van der Waals surface area contributed by atoms with Crippen LogP contribution >= 0.6 is 11.6 Å². The van der Waals surface area contributed by atoms with Crippen molar-refractivity contribution in [2.45, 2.75) is 13.8 Å². The summed E-state index contributed by atoms with van der Waals surface area (Å²) in [6.45, 7) is 3.02. The lowest BCUT2D eigenvalue weighted by Gasteiger charge is -2.08. The second kappa shape index (κ2) is 5.14. The molecule has 0 amide bonds. The molecule has 0 aliphatic rings. The molecule has 0 radical (unpaired) electrons. The van der Waals surface area contributed by atoms with Gasteiger partial charge in [-0.05, 0) is 6.92 Å². The van der Waals surface area contributed by atoms with Gasteiger partial charge in [-0.15, -0.1) is 0 Å². The smallest absolute Gasteiger partial charge is 0.309 e.